The van der Waals surface area contributed by atoms with Crippen LogP contribution in [0.5, 0.6) is 0 Å². The van der Waals surface area contributed by atoms with Crippen LogP contribution >= 0.6 is 0 Å². The fourth-order valence-electron chi connectivity index (χ4n) is 2.07. The molecule has 3 N–H and O–H groups in total. The number of hydrogen-bond acceptors (Lipinski definition) is 4. The molecule has 0 saturated carbocycles. The summed E-state index contributed by atoms with van der Waals surface area (Å²) in [5.41, 5.74) is 5.91. The molecule has 0 saturated heterocycles. The molecule has 0 aliphatic rings. The minimum Gasteiger partial charge on any atom is -0.308 e. The van der Waals surface area contributed by atoms with E-state index in [1.165, 1.54) is 0 Å². The van der Waals surface area contributed by atoms with Gasteiger partial charge in [0.15, 0.2) is 0 Å². The van der Waals surface area contributed by atoms with Crippen molar-refractivity contribution in [2.24, 2.45) is 5.84 Å². The maximum absolute atomic E-state index is 5.36. The highest BCUT2D eigenvalue weighted by Crippen LogP contribution is 2.18. The van der Waals surface area contributed by atoms with E-state index in [4.69, 9.17) is 5.84 Å². The first-order chi connectivity index (χ1) is 9.85. The Morgan fingerprint density at radius 2 is 1.95 bits per heavy atom. The summed E-state index contributed by atoms with van der Waals surface area (Å²) >= 11 is 0. The number of hydrazine groups is 1. The Morgan fingerprint density at radius 1 is 1.10 bits per heavy atom. The van der Waals surface area contributed by atoms with Gasteiger partial charge in [0.25, 0.3) is 0 Å². The number of rotatable bonds is 4. The van der Waals surface area contributed by atoms with Gasteiger partial charge in [-0.1, -0.05) is 30.3 Å². The van der Waals surface area contributed by atoms with Gasteiger partial charge >= 0.3 is 0 Å². The number of anilines is 1. The second-order valence-electron chi connectivity index (χ2n) is 4.49. The number of nitrogens with zero attached hydrogens (tertiary/aromatic N) is 3. The number of nitrogens with two attached hydrogens (primary N) is 1. The van der Waals surface area contributed by atoms with Crippen LogP contribution in [0.1, 0.15) is 5.56 Å². The zero-order valence-corrected chi connectivity index (χ0v) is 10.9. The molecule has 1 aromatic carbocycles. The lowest BCUT2D eigenvalue weighted by Gasteiger charge is -2.04. The number of aromatic nitrogens is 3. The molecule has 0 unspecified atom stereocenters. The quantitative estimate of drug-likeness (QED) is 0.561. The van der Waals surface area contributed by atoms with Gasteiger partial charge in [0.05, 0.1) is 12.7 Å². The second-order valence-corrected chi connectivity index (χ2v) is 4.49. The number of hydrogen-bond donors (Lipinski definition) is 2. The monoisotopic (exact) mass is 265 g/mol. The summed E-state index contributed by atoms with van der Waals surface area (Å²) in [6, 6.07) is 14.1. The van der Waals surface area contributed by atoms with Gasteiger partial charge in [-0.15, -0.1) is 0 Å². The molecule has 0 amide bonds. The van der Waals surface area contributed by atoms with Gasteiger partial charge in [0.1, 0.15) is 5.82 Å². The first-order valence-corrected chi connectivity index (χ1v) is 6.34. The first-order valence-electron chi connectivity index (χ1n) is 6.34. The Hall–Kier alpha value is -2.66. The molecule has 5 heteroatoms. The minimum atomic E-state index is 0.651. The average molecular weight is 265 g/mol. The Morgan fingerprint density at radius 3 is 2.75 bits per heavy atom. The number of pyridine rings is 1. The molecule has 5 nitrogen and oxygen atoms in total. The van der Waals surface area contributed by atoms with Gasteiger partial charge in [-0.25, -0.2) is 10.8 Å². The number of nitrogen functional groups attached to an aromatic ring is 1. The lowest BCUT2D eigenvalue weighted by atomic mass is 10.1. The summed E-state index contributed by atoms with van der Waals surface area (Å²) in [7, 11) is 0. The van der Waals surface area contributed by atoms with Crippen molar-refractivity contribution >= 4 is 5.82 Å². The number of benzene rings is 1. The van der Waals surface area contributed by atoms with E-state index in [0.29, 0.717) is 12.4 Å². The Bertz CT molecular complexity index is 690. The van der Waals surface area contributed by atoms with Gasteiger partial charge in [0, 0.05) is 18.0 Å². The SMILES string of the molecule is NNc1cc(Cn2cc(-c3ccccc3)cn2)ccn1. The van der Waals surface area contributed by atoms with Crippen LogP contribution in [0.3, 0.4) is 0 Å². The van der Waals surface area contributed by atoms with Crippen LogP contribution in [-0.2, 0) is 6.54 Å². The Balaban J connectivity index is 1.80. The molecular formula is C15H15N5. The Labute approximate surface area is 117 Å². The molecule has 2 heterocycles. The van der Waals surface area contributed by atoms with E-state index in [1.807, 2.05) is 47.4 Å². The van der Waals surface area contributed by atoms with E-state index in [1.54, 1.807) is 6.20 Å². The second kappa shape index (κ2) is 5.54. The van der Waals surface area contributed by atoms with E-state index < -0.39 is 0 Å². The molecular weight excluding hydrogens is 250 g/mol. The van der Waals surface area contributed by atoms with E-state index in [2.05, 4.69) is 27.6 Å². The fraction of sp³-hybridized carbons (Fsp3) is 0.0667. The molecule has 0 aliphatic carbocycles. The zero-order valence-electron chi connectivity index (χ0n) is 10.9. The number of nitrogens with one attached hydrogen (secondary N) is 1. The van der Waals surface area contributed by atoms with Crippen molar-refractivity contribution in [3.63, 3.8) is 0 Å². The van der Waals surface area contributed by atoms with Crippen LogP contribution in [0.4, 0.5) is 5.82 Å². The van der Waals surface area contributed by atoms with Crippen molar-refractivity contribution in [1.29, 1.82) is 0 Å². The molecule has 2 aromatic heterocycles. The predicted octanol–water partition coefficient (Wildman–Crippen LogP) is 2.28. The van der Waals surface area contributed by atoms with E-state index in [-0.39, 0.29) is 0 Å². The first kappa shape index (κ1) is 12.4. The van der Waals surface area contributed by atoms with E-state index >= 15 is 0 Å². The highest BCUT2D eigenvalue weighted by atomic mass is 15.3. The highest BCUT2D eigenvalue weighted by molar-refractivity contribution is 5.61. The molecule has 20 heavy (non-hydrogen) atoms. The predicted molar refractivity (Wildman–Crippen MR) is 78.8 cm³/mol. The molecule has 0 atom stereocenters. The molecule has 0 bridgehead atoms. The molecule has 0 fully saturated rings. The lowest BCUT2D eigenvalue weighted by Crippen LogP contribution is -2.09. The average Bonchev–Trinajstić information content (AvgIpc) is 2.97. The van der Waals surface area contributed by atoms with Crippen LogP contribution < -0.4 is 11.3 Å². The van der Waals surface area contributed by atoms with Crippen LogP contribution in [0.25, 0.3) is 11.1 Å². The van der Waals surface area contributed by atoms with Crippen LogP contribution in [-0.4, -0.2) is 14.8 Å². The standard InChI is InChI=1S/C15H15N5/c16-19-15-8-12(6-7-17-15)10-20-11-14(9-18-20)13-4-2-1-3-5-13/h1-9,11H,10,16H2,(H,17,19). The topological polar surface area (TPSA) is 68.8 Å². The molecule has 3 rings (SSSR count). The van der Waals surface area contributed by atoms with E-state index in [9.17, 15) is 0 Å². The summed E-state index contributed by atoms with van der Waals surface area (Å²) in [6.07, 6.45) is 5.63. The van der Waals surface area contributed by atoms with Crippen molar-refractivity contribution < 1.29 is 0 Å². The molecule has 0 spiro atoms. The summed E-state index contributed by atoms with van der Waals surface area (Å²) in [4.78, 5) is 4.09. The van der Waals surface area contributed by atoms with Crippen molar-refractivity contribution in [2.45, 2.75) is 6.54 Å². The third-order valence-electron chi connectivity index (χ3n) is 3.06. The summed E-state index contributed by atoms with van der Waals surface area (Å²) < 4.78 is 1.90. The van der Waals surface area contributed by atoms with Gasteiger partial charge in [-0.3, -0.25) is 4.68 Å². The van der Waals surface area contributed by atoms with Crippen LogP contribution in [0.2, 0.25) is 0 Å². The lowest BCUT2D eigenvalue weighted by molar-refractivity contribution is 0.686. The fourth-order valence-corrected chi connectivity index (χ4v) is 2.07. The molecule has 100 valence electrons. The molecule has 3 aromatic rings. The third kappa shape index (κ3) is 2.67. The van der Waals surface area contributed by atoms with Crippen LogP contribution in [0, 0.1) is 0 Å². The van der Waals surface area contributed by atoms with Gasteiger partial charge < -0.3 is 5.43 Å². The summed E-state index contributed by atoms with van der Waals surface area (Å²) in [5, 5.41) is 4.39. The van der Waals surface area contributed by atoms with Crippen molar-refractivity contribution in [3.8, 4) is 11.1 Å². The van der Waals surface area contributed by atoms with Crippen molar-refractivity contribution in [3.05, 3.63) is 66.6 Å². The van der Waals surface area contributed by atoms with Crippen LogP contribution in [0.15, 0.2) is 61.1 Å². The van der Waals surface area contributed by atoms with Gasteiger partial charge in [0.2, 0.25) is 0 Å². The zero-order chi connectivity index (χ0) is 13.8. The third-order valence-corrected chi connectivity index (χ3v) is 3.06. The molecule has 0 aliphatic heterocycles. The highest BCUT2D eigenvalue weighted by Gasteiger charge is 2.02. The molecule has 0 radical (unpaired) electrons. The van der Waals surface area contributed by atoms with Gasteiger partial charge in [-0.2, -0.15) is 5.10 Å². The maximum atomic E-state index is 5.36. The van der Waals surface area contributed by atoms with Crippen molar-refractivity contribution in [1.82, 2.24) is 14.8 Å². The van der Waals surface area contributed by atoms with E-state index in [0.717, 1.165) is 16.7 Å². The smallest absolute Gasteiger partial charge is 0.140 e. The largest absolute Gasteiger partial charge is 0.308 e. The Kier molecular flexibility index (Phi) is 3.43. The summed E-state index contributed by atoms with van der Waals surface area (Å²) in [5.74, 6) is 6.01. The normalized spacial score (nSPS) is 10.4. The minimum absolute atomic E-state index is 0.651. The summed E-state index contributed by atoms with van der Waals surface area (Å²) in [6.45, 7) is 0.685. The van der Waals surface area contributed by atoms with Crippen molar-refractivity contribution in [2.75, 3.05) is 5.43 Å². The van der Waals surface area contributed by atoms with Gasteiger partial charge in [-0.05, 0) is 23.3 Å². The maximum Gasteiger partial charge on any atom is 0.140 e.